The molecule has 3 aromatic carbocycles. The molecule has 0 aromatic heterocycles. The lowest BCUT2D eigenvalue weighted by atomic mass is 10.0. The van der Waals surface area contributed by atoms with Gasteiger partial charge in [0.05, 0.1) is 19.3 Å². The molecule has 0 bridgehead atoms. The highest BCUT2D eigenvalue weighted by molar-refractivity contribution is 6.07. The van der Waals surface area contributed by atoms with Crippen LogP contribution in [0.1, 0.15) is 27.6 Å². The van der Waals surface area contributed by atoms with Gasteiger partial charge in [0.25, 0.3) is 5.91 Å². The third kappa shape index (κ3) is 4.28. The first-order chi connectivity index (χ1) is 12.7. The van der Waals surface area contributed by atoms with Crippen molar-refractivity contribution in [2.75, 3.05) is 19.8 Å². The molecule has 4 nitrogen and oxygen atoms in total. The van der Waals surface area contributed by atoms with Gasteiger partial charge >= 0.3 is 0 Å². The maximum atomic E-state index is 12.7. The molecule has 1 amide bonds. The minimum atomic E-state index is -0.304. The number of hydrogen-bond donors (Lipinski definition) is 2. The van der Waals surface area contributed by atoms with Crippen LogP contribution in [0, 0.1) is 6.92 Å². The molecule has 0 aliphatic rings. The number of ether oxygens (including phenoxy) is 1. The molecule has 0 fully saturated rings. The van der Waals surface area contributed by atoms with Crippen molar-refractivity contribution in [2.45, 2.75) is 13.0 Å². The van der Waals surface area contributed by atoms with Gasteiger partial charge in [-0.2, -0.15) is 0 Å². The van der Waals surface area contributed by atoms with E-state index < -0.39 is 0 Å². The summed E-state index contributed by atoms with van der Waals surface area (Å²) in [5, 5.41) is 14.0. The highest BCUT2D eigenvalue weighted by atomic mass is 16.5. The summed E-state index contributed by atoms with van der Waals surface area (Å²) in [6, 6.07) is 21.5. The summed E-state index contributed by atoms with van der Waals surface area (Å²) in [6.07, 6.45) is -0.304. The molecule has 0 spiro atoms. The van der Waals surface area contributed by atoms with Crippen molar-refractivity contribution in [3.05, 3.63) is 83.4 Å². The Bertz CT molecular complexity index is 869. The van der Waals surface area contributed by atoms with Crippen LogP contribution in [0.3, 0.4) is 0 Å². The van der Waals surface area contributed by atoms with E-state index in [0.29, 0.717) is 12.1 Å². The monoisotopic (exact) mass is 349 g/mol. The van der Waals surface area contributed by atoms with E-state index in [1.807, 2.05) is 73.7 Å². The zero-order valence-corrected chi connectivity index (χ0v) is 14.8. The minimum Gasteiger partial charge on any atom is -0.394 e. The van der Waals surface area contributed by atoms with Gasteiger partial charge in [0, 0.05) is 12.1 Å². The Morgan fingerprint density at radius 2 is 1.77 bits per heavy atom. The molecule has 0 saturated heterocycles. The number of hydrogen-bond acceptors (Lipinski definition) is 3. The van der Waals surface area contributed by atoms with Crippen molar-refractivity contribution in [3.8, 4) is 0 Å². The molecular formula is C22H23NO3. The summed E-state index contributed by atoms with van der Waals surface area (Å²) in [5.41, 5.74) is 2.78. The van der Waals surface area contributed by atoms with E-state index in [0.717, 1.165) is 21.9 Å². The molecule has 3 aromatic rings. The fourth-order valence-corrected chi connectivity index (χ4v) is 2.95. The summed E-state index contributed by atoms with van der Waals surface area (Å²) in [4.78, 5) is 12.7. The first-order valence-electron chi connectivity index (χ1n) is 8.74. The summed E-state index contributed by atoms with van der Waals surface area (Å²) in [5.74, 6) is -0.133. The molecule has 0 saturated carbocycles. The number of carbonyl (C=O) groups excluding carboxylic acids is 1. The second-order valence-corrected chi connectivity index (χ2v) is 6.23. The molecule has 26 heavy (non-hydrogen) atoms. The molecule has 4 heteroatoms. The minimum absolute atomic E-state index is 0.0559. The molecule has 3 rings (SSSR count). The fourth-order valence-electron chi connectivity index (χ4n) is 2.95. The molecule has 1 atom stereocenters. The predicted octanol–water partition coefficient (Wildman–Crippen LogP) is 3.63. The summed E-state index contributed by atoms with van der Waals surface area (Å²) >= 11 is 0. The van der Waals surface area contributed by atoms with E-state index in [9.17, 15) is 4.79 Å². The third-order valence-corrected chi connectivity index (χ3v) is 4.34. The van der Waals surface area contributed by atoms with E-state index >= 15 is 0 Å². The Kier molecular flexibility index (Phi) is 6.00. The number of carbonyl (C=O) groups is 1. The van der Waals surface area contributed by atoms with E-state index in [4.69, 9.17) is 9.84 Å². The van der Waals surface area contributed by atoms with Crippen LogP contribution >= 0.6 is 0 Å². The number of aliphatic hydroxyl groups excluding tert-OH is 1. The molecule has 1 unspecified atom stereocenters. The van der Waals surface area contributed by atoms with Crippen molar-refractivity contribution < 1.29 is 14.6 Å². The van der Waals surface area contributed by atoms with Crippen LogP contribution < -0.4 is 5.32 Å². The van der Waals surface area contributed by atoms with Gasteiger partial charge in [0.1, 0.15) is 0 Å². The van der Waals surface area contributed by atoms with E-state index in [2.05, 4.69) is 5.32 Å². The largest absolute Gasteiger partial charge is 0.394 e. The van der Waals surface area contributed by atoms with Crippen molar-refractivity contribution in [1.29, 1.82) is 0 Å². The Balaban J connectivity index is 1.75. The maximum Gasteiger partial charge on any atom is 0.252 e. The molecule has 0 radical (unpaired) electrons. The Morgan fingerprint density at radius 1 is 1.04 bits per heavy atom. The second kappa shape index (κ2) is 8.61. The van der Waals surface area contributed by atoms with Gasteiger partial charge in [-0.3, -0.25) is 4.79 Å². The van der Waals surface area contributed by atoms with Crippen LogP contribution in [0.25, 0.3) is 10.8 Å². The zero-order valence-electron chi connectivity index (χ0n) is 14.8. The van der Waals surface area contributed by atoms with Gasteiger partial charge in [-0.25, -0.2) is 0 Å². The van der Waals surface area contributed by atoms with Crippen LogP contribution in [0.5, 0.6) is 0 Å². The SMILES string of the molecule is Cc1ccc(C(CNC(=O)c2cccc3ccccc23)OCCO)cc1. The van der Waals surface area contributed by atoms with Crippen molar-refractivity contribution in [3.63, 3.8) is 0 Å². The number of aryl methyl sites for hydroxylation is 1. The van der Waals surface area contributed by atoms with Crippen molar-refractivity contribution in [1.82, 2.24) is 5.32 Å². The van der Waals surface area contributed by atoms with Crippen molar-refractivity contribution >= 4 is 16.7 Å². The van der Waals surface area contributed by atoms with Gasteiger partial charge in [-0.15, -0.1) is 0 Å². The Hall–Kier alpha value is -2.69. The average molecular weight is 349 g/mol. The van der Waals surface area contributed by atoms with Gasteiger partial charge < -0.3 is 15.2 Å². The molecule has 0 heterocycles. The standard InChI is InChI=1S/C22H23NO3/c1-16-9-11-18(12-10-16)21(26-14-13-24)15-23-22(25)20-8-4-6-17-5-2-3-7-19(17)20/h2-12,21,24H,13-15H2,1H3,(H,23,25). The van der Waals surface area contributed by atoms with Gasteiger partial charge in [-0.05, 0) is 29.3 Å². The van der Waals surface area contributed by atoms with Gasteiger partial charge in [0.2, 0.25) is 0 Å². The smallest absolute Gasteiger partial charge is 0.252 e. The summed E-state index contributed by atoms with van der Waals surface area (Å²) in [6.45, 7) is 2.53. The highest BCUT2D eigenvalue weighted by Crippen LogP contribution is 2.20. The molecule has 134 valence electrons. The van der Waals surface area contributed by atoms with Crippen LogP contribution in [0.2, 0.25) is 0 Å². The molecule has 2 N–H and O–H groups in total. The number of rotatable bonds is 7. The van der Waals surface area contributed by atoms with E-state index in [-0.39, 0.29) is 25.2 Å². The number of nitrogens with one attached hydrogen (secondary N) is 1. The average Bonchev–Trinajstić information content (AvgIpc) is 2.68. The van der Waals surface area contributed by atoms with Gasteiger partial charge in [0.15, 0.2) is 0 Å². The normalized spacial score (nSPS) is 12.1. The second-order valence-electron chi connectivity index (χ2n) is 6.23. The van der Waals surface area contributed by atoms with E-state index in [1.54, 1.807) is 0 Å². The van der Waals surface area contributed by atoms with Crippen molar-refractivity contribution in [2.24, 2.45) is 0 Å². The van der Waals surface area contributed by atoms with Crippen LogP contribution in [0.15, 0.2) is 66.7 Å². The lowest BCUT2D eigenvalue weighted by Gasteiger charge is -2.19. The summed E-state index contributed by atoms with van der Waals surface area (Å²) < 4.78 is 5.73. The first-order valence-corrected chi connectivity index (χ1v) is 8.74. The predicted molar refractivity (Wildman–Crippen MR) is 103 cm³/mol. The van der Waals surface area contributed by atoms with E-state index in [1.165, 1.54) is 0 Å². The third-order valence-electron chi connectivity index (χ3n) is 4.34. The number of benzene rings is 3. The maximum absolute atomic E-state index is 12.7. The number of amides is 1. The van der Waals surface area contributed by atoms with Crippen LogP contribution in [0.4, 0.5) is 0 Å². The number of aliphatic hydroxyl groups is 1. The molecular weight excluding hydrogens is 326 g/mol. The molecule has 0 aliphatic heterocycles. The van der Waals surface area contributed by atoms with Crippen LogP contribution in [-0.4, -0.2) is 30.8 Å². The molecule has 0 aliphatic carbocycles. The number of fused-ring (bicyclic) bond motifs is 1. The zero-order chi connectivity index (χ0) is 18.4. The first kappa shape index (κ1) is 18.1. The van der Waals surface area contributed by atoms with Gasteiger partial charge in [-0.1, -0.05) is 66.2 Å². The topological polar surface area (TPSA) is 58.6 Å². The Morgan fingerprint density at radius 3 is 2.54 bits per heavy atom. The lowest BCUT2D eigenvalue weighted by Crippen LogP contribution is -2.30. The highest BCUT2D eigenvalue weighted by Gasteiger charge is 2.15. The summed E-state index contributed by atoms with van der Waals surface area (Å²) in [7, 11) is 0. The fraction of sp³-hybridized carbons (Fsp3) is 0.227. The Labute approximate surface area is 153 Å². The quantitative estimate of drug-likeness (QED) is 0.685. The lowest BCUT2D eigenvalue weighted by molar-refractivity contribution is 0.0277. The van der Waals surface area contributed by atoms with Crippen LogP contribution in [-0.2, 0) is 4.74 Å².